The Labute approximate surface area is 460 Å². The Kier molecular flexibility index (Phi) is 60.7. The van der Waals surface area contributed by atoms with E-state index in [0.717, 1.165) is 96.3 Å². The summed E-state index contributed by atoms with van der Waals surface area (Å²) in [6.07, 6.45) is 78.7. The standard InChI is InChI=1S/C68H124O6/c1-4-7-10-13-16-19-22-24-26-28-29-30-31-32-33-34-35-36-37-38-39-41-42-44-46-49-52-55-58-61-67(70)73-64-65(63-72-66(69)60-57-54-51-48-21-18-15-12-9-6-3)74-68(71)62-59-56-53-50-47-45-43-40-27-25-23-20-17-14-11-8-5-2/h8,11-12,15,17,20,25,27,65H,4-7,9-10,13-14,16,18-19,21-24,26,28-64H2,1-3H3/b11-8-,15-12-,20-17-,27-25-. The summed E-state index contributed by atoms with van der Waals surface area (Å²) in [6.45, 7) is 6.50. The van der Waals surface area contributed by atoms with Gasteiger partial charge in [0, 0.05) is 19.3 Å². The molecule has 0 bridgehead atoms. The largest absolute Gasteiger partial charge is 0.462 e. The molecule has 0 heterocycles. The lowest BCUT2D eigenvalue weighted by Gasteiger charge is -2.18. The highest BCUT2D eigenvalue weighted by Crippen LogP contribution is 2.18. The van der Waals surface area contributed by atoms with E-state index in [2.05, 4.69) is 69.4 Å². The Morgan fingerprint density at radius 1 is 0.284 bits per heavy atom. The van der Waals surface area contributed by atoms with Crippen molar-refractivity contribution in [2.75, 3.05) is 13.2 Å². The van der Waals surface area contributed by atoms with Crippen LogP contribution < -0.4 is 0 Å². The van der Waals surface area contributed by atoms with Crippen molar-refractivity contribution in [2.24, 2.45) is 0 Å². The van der Waals surface area contributed by atoms with Gasteiger partial charge in [-0.15, -0.1) is 0 Å². The molecular weight excluding hydrogens is 913 g/mol. The maximum absolute atomic E-state index is 12.9. The molecule has 432 valence electrons. The van der Waals surface area contributed by atoms with Crippen LogP contribution in [-0.4, -0.2) is 37.2 Å². The Morgan fingerprint density at radius 2 is 0.554 bits per heavy atom. The van der Waals surface area contributed by atoms with E-state index < -0.39 is 6.10 Å². The third-order valence-corrected chi connectivity index (χ3v) is 14.5. The van der Waals surface area contributed by atoms with E-state index in [4.69, 9.17) is 14.2 Å². The topological polar surface area (TPSA) is 78.9 Å². The second kappa shape index (κ2) is 62.9. The van der Waals surface area contributed by atoms with Gasteiger partial charge in [-0.2, -0.15) is 0 Å². The van der Waals surface area contributed by atoms with Crippen molar-refractivity contribution in [3.63, 3.8) is 0 Å². The maximum atomic E-state index is 12.9. The van der Waals surface area contributed by atoms with Crippen LogP contribution in [-0.2, 0) is 28.6 Å². The van der Waals surface area contributed by atoms with Gasteiger partial charge in [0.2, 0.25) is 0 Å². The summed E-state index contributed by atoms with van der Waals surface area (Å²) in [5, 5.41) is 0. The molecule has 0 saturated carbocycles. The number of carbonyl (C=O) groups is 3. The fourth-order valence-electron chi connectivity index (χ4n) is 9.70. The van der Waals surface area contributed by atoms with Crippen LogP contribution in [0.25, 0.3) is 0 Å². The second-order valence-corrected chi connectivity index (χ2v) is 22.0. The smallest absolute Gasteiger partial charge is 0.306 e. The second-order valence-electron chi connectivity index (χ2n) is 22.0. The highest BCUT2D eigenvalue weighted by molar-refractivity contribution is 5.71. The molecular formula is C68H124O6. The van der Waals surface area contributed by atoms with Crippen LogP contribution in [0, 0.1) is 0 Å². The molecule has 0 amide bonds. The number of rotatable bonds is 60. The van der Waals surface area contributed by atoms with Gasteiger partial charge in [-0.25, -0.2) is 0 Å². The number of esters is 3. The summed E-state index contributed by atoms with van der Waals surface area (Å²) in [7, 11) is 0. The minimum atomic E-state index is -0.780. The van der Waals surface area contributed by atoms with E-state index >= 15 is 0 Å². The van der Waals surface area contributed by atoms with Crippen LogP contribution in [0.1, 0.15) is 348 Å². The van der Waals surface area contributed by atoms with Gasteiger partial charge in [0.1, 0.15) is 13.2 Å². The molecule has 0 spiro atoms. The van der Waals surface area contributed by atoms with E-state index in [0.29, 0.717) is 19.3 Å². The average molecular weight is 1040 g/mol. The number of ether oxygens (including phenoxy) is 3. The van der Waals surface area contributed by atoms with Crippen molar-refractivity contribution >= 4 is 17.9 Å². The predicted octanol–water partition coefficient (Wildman–Crippen LogP) is 22.2. The molecule has 0 aromatic rings. The first-order valence-corrected chi connectivity index (χ1v) is 32.6. The van der Waals surface area contributed by atoms with Crippen LogP contribution in [0.15, 0.2) is 48.6 Å². The van der Waals surface area contributed by atoms with Crippen molar-refractivity contribution in [2.45, 2.75) is 354 Å². The van der Waals surface area contributed by atoms with E-state index in [1.165, 1.54) is 212 Å². The predicted molar refractivity (Wildman–Crippen MR) is 321 cm³/mol. The van der Waals surface area contributed by atoms with Gasteiger partial charge in [0.25, 0.3) is 0 Å². The first kappa shape index (κ1) is 71.4. The zero-order valence-electron chi connectivity index (χ0n) is 49.6. The monoisotopic (exact) mass is 1040 g/mol. The number of hydrogen-bond acceptors (Lipinski definition) is 6. The lowest BCUT2D eigenvalue weighted by Crippen LogP contribution is -2.30. The molecule has 1 atom stereocenters. The van der Waals surface area contributed by atoms with E-state index in [1.54, 1.807) is 0 Å². The Morgan fingerprint density at radius 3 is 0.892 bits per heavy atom. The molecule has 0 saturated heterocycles. The molecule has 74 heavy (non-hydrogen) atoms. The molecule has 6 heteroatoms. The van der Waals surface area contributed by atoms with Crippen LogP contribution in [0.3, 0.4) is 0 Å². The molecule has 0 aromatic carbocycles. The first-order valence-electron chi connectivity index (χ1n) is 32.6. The number of allylic oxidation sites excluding steroid dienone is 8. The number of hydrogen-bond donors (Lipinski definition) is 0. The van der Waals surface area contributed by atoms with Crippen molar-refractivity contribution in [3.8, 4) is 0 Å². The molecule has 0 fully saturated rings. The molecule has 0 aromatic heterocycles. The fraction of sp³-hybridized carbons (Fsp3) is 0.838. The maximum Gasteiger partial charge on any atom is 0.306 e. The van der Waals surface area contributed by atoms with Gasteiger partial charge < -0.3 is 14.2 Å². The SMILES string of the molecule is CC/C=C\C/C=C\C/C=C\CCCCCCCCCC(=O)OC(COC(=O)CCCCCCC/C=C\CCC)COC(=O)CCCCCCCCCCCCCCCCCCCCCCCCCCCCCCC. The Hall–Kier alpha value is -2.63. The van der Waals surface area contributed by atoms with E-state index in [-0.39, 0.29) is 31.1 Å². The van der Waals surface area contributed by atoms with Gasteiger partial charge in [-0.1, -0.05) is 307 Å². The van der Waals surface area contributed by atoms with Crippen molar-refractivity contribution in [3.05, 3.63) is 48.6 Å². The quantitative estimate of drug-likeness (QED) is 0.0261. The molecule has 6 nitrogen and oxygen atoms in total. The van der Waals surface area contributed by atoms with Crippen molar-refractivity contribution < 1.29 is 28.6 Å². The minimum Gasteiger partial charge on any atom is -0.462 e. The Bertz CT molecular complexity index is 1280. The van der Waals surface area contributed by atoms with Gasteiger partial charge in [-0.3, -0.25) is 14.4 Å². The summed E-state index contributed by atoms with van der Waals surface area (Å²) in [5.74, 6) is -0.880. The van der Waals surface area contributed by atoms with E-state index in [1.807, 2.05) is 0 Å². The molecule has 0 aliphatic carbocycles. The summed E-state index contributed by atoms with van der Waals surface area (Å²) in [6, 6.07) is 0. The third-order valence-electron chi connectivity index (χ3n) is 14.5. The number of unbranched alkanes of at least 4 members (excludes halogenated alkanes) is 41. The van der Waals surface area contributed by atoms with Gasteiger partial charge in [0.15, 0.2) is 6.10 Å². The van der Waals surface area contributed by atoms with Gasteiger partial charge in [0.05, 0.1) is 0 Å². The van der Waals surface area contributed by atoms with E-state index in [9.17, 15) is 14.4 Å². The van der Waals surface area contributed by atoms with Crippen molar-refractivity contribution in [1.29, 1.82) is 0 Å². The van der Waals surface area contributed by atoms with Gasteiger partial charge >= 0.3 is 17.9 Å². The molecule has 0 radical (unpaired) electrons. The molecule has 0 N–H and O–H groups in total. The highest BCUT2D eigenvalue weighted by atomic mass is 16.6. The molecule has 0 rings (SSSR count). The normalized spacial score (nSPS) is 12.3. The summed E-state index contributed by atoms with van der Waals surface area (Å²) >= 11 is 0. The molecule has 1 unspecified atom stereocenters. The minimum absolute atomic E-state index is 0.0767. The fourth-order valence-corrected chi connectivity index (χ4v) is 9.70. The first-order chi connectivity index (χ1) is 36.5. The van der Waals surface area contributed by atoms with Gasteiger partial charge in [-0.05, 0) is 70.6 Å². The lowest BCUT2D eigenvalue weighted by molar-refractivity contribution is -0.167. The third kappa shape index (κ3) is 60.2. The lowest BCUT2D eigenvalue weighted by atomic mass is 10.0. The Balaban J connectivity index is 4.11. The van der Waals surface area contributed by atoms with Crippen LogP contribution in [0.2, 0.25) is 0 Å². The summed E-state index contributed by atoms with van der Waals surface area (Å²) in [5.41, 5.74) is 0. The zero-order valence-corrected chi connectivity index (χ0v) is 49.6. The zero-order chi connectivity index (χ0) is 53.6. The average Bonchev–Trinajstić information content (AvgIpc) is 3.40. The van der Waals surface area contributed by atoms with Crippen LogP contribution in [0.4, 0.5) is 0 Å². The summed E-state index contributed by atoms with van der Waals surface area (Å²) < 4.78 is 16.9. The van der Waals surface area contributed by atoms with Crippen LogP contribution in [0.5, 0.6) is 0 Å². The number of carbonyl (C=O) groups excluding carboxylic acids is 3. The molecule has 0 aliphatic rings. The van der Waals surface area contributed by atoms with Crippen molar-refractivity contribution in [1.82, 2.24) is 0 Å². The van der Waals surface area contributed by atoms with Crippen LogP contribution >= 0.6 is 0 Å². The molecule has 0 aliphatic heterocycles. The highest BCUT2D eigenvalue weighted by Gasteiger charge is 2.19. The summed E-state index contributed by atoms with van der Waals surface area (Å²) in [4.78, 5) is 38.2.